The number of esters is 2. The Morgan fingerprint density at radius 2 is 1.81 bits per heavy atom. The molecule has 116 valence electrons. The van der Waals surface area contributed by atoms with E-state index in [1.807, 2.05) is 0 Å². The maximum atomic E-state index is 11.6. The predicted octanol–water partition coefficient (Wildman–Crippen LogP) is 3.38. The Labute approximate surface area is 137 Å². The number of carbonyl (C=O) groups is 2. The first-order valence-electron chi connectivity index (χ1n) is 5.90. The van der Waals surface area contributed by atoms with Crippen molar-refractivity contribution >= 4 is 46.7 Å². The van der Waals surface area contributed by atoms with Gasteiger partial charge in [-0.25, -0.2) is 0 Å². The summed E-state index contributed by atoms with van der Waals surface area (Å²) >= 11 is 16.6. The number of hydrogen-bond acceptors (Lipinski definition) is 5. The van der Waals surface area contributed by atoms with E-state index in [4.69, 9.17) is 49.0 Å². The van der Waals surface area contributed by atoms with Crippen molar-refractivity contribution < 1.29 is 23.8 Å². The Balaban J connectivity index is 2.45. The summed E-state index contributed by atoms with van der Waals surface area (Å²) in [5.41, 5.74) is 0. The third-order valence-corrected chi connectivity index (χ3v) is 2.74. The first-order valence-corrected chi connectivity index (χ1v) is 7.15. The van der Waals surface area contributed by atoms with E-state index in [0.29, 0.717) is 10.8 Å². The molecule has 0 aliphatic heterocycles. The Hall–Kier alpha value is -1.17. The van der Waals surface area contributed by atoms with Gasteiger partial charge in [-0.1, -0.05) is 11.6 Å². The molecule has 0 spiro atoms. The van der Waals surface area contributed by atoms with Gasteiger partial charge in [0.1, 0.15) is 11.4 Å². The van der Waals surface area contributed by atoms with Gasteiger partial charge in [-0.2, -0.15) is 0 Å². The highest BCUT2D eigenvalue weighted by Crippen LogP contribution is 2.30. The van der Waals surface area contributed by atoms with Crippen molar-refractivity contribution in [1.82, 2.24) is 0 Å². The molecule has 0 saturated heterocycles. The van der Waals surface area contributed by atoms with Crippen LogP contribution in [0.4, 0.5) is 0 Å². The summed E-state index contributed by atoms with van der Waals surface area (Å²) in [6.45, 7) is -0.123. The first-order chi connectivity index (χ1) is 9.92. The van der Waals surface area contributed by atoms with Gasteiger partial charge in [-0.3, -0.25) is 9.59 Å². The molecule has 8 heteroatoms. The zero-order chi connectivity index (χ0) is 15.8. The van der Waals surface area contributed by atoms with Crippen molar-refractivity contribution in [3.63, 3.8) is 0 Å². The fourth-order valence-corrected chi connectivity index (χ4v) is 1.62. The zero-order valence-electron chi connectivity index (χ0n) is 11.1. The van der Waals surface area contributed by atoms with Gasteiger partial charge in [0.2, 0.25) is 0 Å². The van der Waals surface area contributed by atoms with Crippen LogP contribution >= 0.6 is 34.8 Å². The van der Waals surface area contributed by atoms with E-state index in [9.17, 15) is 9.59 Å². The van der Waals surface area contributed by atoms with E-state index in [2.05, 4.69) is 0 Å². The van der Waals surface area contributed by atoms with Crippen LogP contribution in [-0.4, -0.2) is 30.5 Å². The smallest absolute Gasteiger partial charge is 0.311 e. The van der Waals surface area contributed by atoms with Gasteiger partial charge in [-0.05, 0) is 12.1 Å². The van der Waals surface area contributed by atoms with Gasteiger partial charge in [0, 0.05) is 11.1 Å². The number of ether oxygens (including phenoxy) is 3. The standard InChI is InChI=1S/C13H13Cl3O5/c1-19-10-6-8(14)2-3-9(10)21-13(18)5-4-12(17)20-7-11(15)16/h2-3,6,11H,4-5,7H2,1H3. The summed E-state index contributed by atoms with van der Waals surface area (Å²) in [5, 5.41) is 0.451. The topological polar surface area (TPSA) is 61.8 Å². The molecule has 21 heavy (non-hydrogen) atoms. The molecule has 0 heterocycles. The van der Waals surface area contributed by atoms with Crippen molar-refractivity contribution in [1.29, 1.82) is 0 Å². The highest BCUT2D eigenvalue weighted by molar-refractivity contribution is 6.44. The van der Waals surface area contributed by atoms with Crippen LogP contribution in [-0.2, 0) is 14.3 Å². The second-order valence-corrected chi connectivity index (χ2v) is 5.56. The summed E-state index contributed by atoms with van der Waals surface area (Å²) < 4.78 is 14.8. The van der Waals surface area contributed by atoms with Crippen LogP contribution in [0.1, 0.15) is 12.8 Å². The van der Waals surface area contributed by atoms with Crippen LogP contribution in [0.3, 0.4) is 0 Å². The molecule has 0 unspecified atom stereocenters. The van der Waals surface area contributed by atoms with E-state index in [0.717, 1.165) is 0 Å². The molecule has 0 amide bonds. The molecule has 1 rings (SSSR count). The molecule has 5 nitrogen and oxygen atoms in total. The molecular formula is C13H13Cl3O5. The molecule has 0 saturated carbocycles. The van der Waals surface area contributed by atoms with Gasteiger partial charge < -0.3 is 14.2 Å². The van der Waals surface area contributed by atoms with Crippen molar-refractivity contribution in [2.75, 3.05) is 13.7 Å². The highest BCUT2D eigenvalue weighted by atomic mass is 35.5. The lowest BCUT2D eigenvalue weighted by atomic mass is 10.3. The van der Waals surface area contributed by atoms with E-state index >= 15 is 0 Å². The van der Waals surface area contributed by atoms with Gasteiger partial charge in [-0.15, -0.1) is 23.2 Å². The Morgan fingerprint density at radius 3 is 2.43 bits per heavy atom. The molecule has 1 aromatic carbocycles. The number of halogens is 3. The van der Waals surface area contributed by atoms with Crippen molar-refractivity contribution in [3.8, 4) is 11.5 Å². The SMILES string of the molecule is COc1cc(Cl)ccc1OC(=O)CCC(=O)OCC(Cl)Cl. The lowest BCUT2D eigenvalue weighted by Gasteiger charge is -2.09. The number of rotatable bonds is 7. The molecule has 0 atom stereocenters. The number of methoxy groups -OCH3 is 1. The Morgan fingerprint density at radius 1 is 1.14 bits per heavy atom. The quantitative estimate of drug-likeness (QED) is 0.426. The summed E-state index contributed by atoms with van der Waals surface area (Å²) in [4.78, 5) is 22.1. The number of alkyl halides is 2. The molecule has 0 aromatic heterocycles. The summed E-state index contributed by atoms with van der Waals surface area (Å²) in [5.74, 6) is -0.630. The Bertz CT molecular complexity index is 505. The monoisotopic (exact) mass is 354 g/mol. The maximum Gasteiger partial charge on any atom is 0.311 e. The van der Waals surface area contributed by atoms with Crippen LogP contribution in [0.5, 0.6) is 11.5 Å². The largest absolute Gasteiger partial charge is 0.493 e. The number of carbonyl (C=O) groups excluding carboxylic acids is 2. The molecule has 0 radical (unpaired) electrons. The van der Waals surface area contributed by atoms with Crippen molar-refractivity contribution in [2.45, 2.75) is 17.7 Å². The third-order valence-electron chi connectivity index (χ3n) is 2.25. The second kappa shape index (κ2) is 8.97. The fraction of sp³-hybridized carbons (Fsp3) is 0.385. The first kappa shape index (κ1) is 17.9. The molecule has 0 aliphatic carbocycles. The molecule has 0 aliphatic rings. The second-order valence-electron chi connectivity index (χ2n) is 3.84. The minimum Gasteiger partial charge on any atom is -0.493 e. The van der Waals surface area contributed by atoms with Crippen LogP contribution in [0.2, 0.25) is 5.02 Å². The highest BCUT2D eigenvalue weighted by Gasteiger charge is 2.14. The van der Waals surface area contributed by atoms with Crippen LogP contribution < -0.4 is 9.47 Å². The molecule has 0 bridgehead atoms. The number of hydrogen-bond donors (Lipinski definition) is 0. The summed E-state index contributed by atoms with van der Waals surface area (Å²) in [7, 11) is 1.43. The van der Waals surface area contributed by atoms with Gasteiger partial charge >= 0.3 is 11.9 Å². The lowest BCUT2D eigenvalue weighted by Crippen LogP contribution is -2.14. The van der Waals surface area contributed by atoms with Crippen LogP contribution in [0.15, 0.2) is 18.2 Å². The molecule has 0 N–H and O–H groups in total. The van der Waals surface area contributed by atoms with Crippen molar-refractivity contribution in [2.24, 2.45) is 0 Å². The van der Waals surface area contributed by atoms with E-state index < -0.39 is 16.8 Å². The third kappa shape index (κ3) is 6.89. The lowest BCUT2D eigenvalue weighted by molar-refractivity contribution is -0.146. The fourth-order valence-electron chi connectivity index (χ4n) is 1.33. The average molecular weight is 356 g/mol. The molecule has 0 fully saturated rings. The van der Waals surface area contributed by atoms with E-state index in [1.54, 1.807) is 6.07 Å². The molecular weight excluding hydrogens is 342 g/mol. The molecule has 1 aromatic rings. The van der Waals surface area contributed by atoms with Crippen LogP contribution in [0, 0.1) is 0 Å². The number of benzene rings is 1. The van der Waals surface area contributed by atoms with E-state index in [-0.39, 0.29) is 25.2 Å². The maximum absolute atomic E-state index is 11.6. The summed E-state index contributed by atoms with van der Waals surface area (Å²) in [6, 6.07) is 4.57. The van der Waals surface area contributed by atoms with Crippen LogP contribution in [0.25, 0.3) is 0 Å². The Kier molecular flexibility index (Phi) is 7.64. The minimum absolute atomic E-state index is 0.123. The zero-order valence-corrected chi connectivity index (χ0v) is 13.4. The average Bonchev–Trinajstić information content (AvgIpc) is 2.44. The summed E-state index contributed by atoms with van der Waals surface area (Å²) in [6.07, 6.45) is -0.269. The van der Waals surface area contributed by atoms with E-state index in [1.165, 1.54) is 19.2 Å². The van der Waals surface area contributed by atoms with Gasteiger partial charge in [0.25, 0.3) is 0 Å². The minimum atomic E-state index is -0.792. The predicted molar refractivity (Wildman–Crippen MR) is 79.3 cm³/mol. The van der Waals surface area contributed by atoms with Crippen molar-refractivity contribution in [3.05, 3.63) is 23.2 Å². The normalized spacial score (nSPS) is 10.3. The van der Waals surface area contributed by atoms with Gasteiger partial charge in [0.05, 0.1) is 20.0 Å². The van der Waals surface area contributed by atoms with Gasteiger partial charge in [0.15, 0.2) is 11.5 Å².